The maximum absolute atomic E-state index is 12.6. The number of guanidine groups is 1. The van der Waals surface area contributed by atoms with Gasteiger partial charge in [0, 0.05) is 0 Å². The van der Waals surface area contributed by atoms with Crippen LogP contribution in [0.3, 0.4) is 0 Å². The van der Waals surface area contributed by atoms with Crippen LogP contribution in [0, 0.1) is 0 Å². The monoisotopic (exact) mass is 401 g/mol. The first-order valence-electron chi connectivity index (χ1n) is 7.56. The minimum absolute atomic E-state index is 0.152. The molecule has 0 radical (unpaired) electrons. The zero-order chi connectivity index (χ0) is 20.8. The van der Waals surface area contributed by atoms with Crippen LogP contribution in [-0.2, 0) is 12.4 Å². The van der Waals surface area contributed by atoms with Crippen LogP contribution in [0.25, 0.3) is 0 Å². The molecule has 0 amide bonds. The Morgan fingerprint density at radius 2 is 1.32 bits per heavy atom. The van der Waals surface area contributed by atoms with Gasteiger partial charge in [0.1, 0.15) is 0 Å². The number of rotatable bonds is 4. The molecule has 0 saturated heterocycles. The molecular formula is C17H13F6N5. The van der Waals surface area contributed by atoms with Crippen LogP contribution in [0.2, 0.25) is 0 Å². The molecule has 2 aromatic rings. The third-order valence-electron chi connectivity index (χ3n) is 3.19. The van der Waals surface area contributed by atoms with E-state index in [2.05, 4.69) is 20.7 Å². The molecule has 148 valence electrons. The summed E-state index contributed by atoms with van der Waals surface area (Å²) in [5, 5.41) is 10.6. The minimum Gasteiger partial charge on any atom is -0.367 e. The highest BCUT2D eigenvalue weighted by Gasteiger charge is 2.30. The topological polar surface area (TPSA) is 75.1 Å². The van der Waals surface area contributed by atoms with Gasteiger partial charge in [0.15, 0.2) is 0 Å². The molecule has 0 fully saturated rings. The summed E-state index contributed by atoms with van der Waals surface area (Å²) in [7, 11) is 0. The van der Waals surface area contributed by atoms with Gasteiger partial charge < -0.3 is 5.73 Å². The largest absolute Gasteiger partial charge is 0.416 e. The summed E-state index contributed by atoms with van der Waals surface area (Å²) in [5.41, 5.74) is 6.34. The first kappa shape index (κ1) is 20.9. The van der Waals surface area contributed by atoms with Crippen LogP contribution < -0.4 is 11.2 Å². The van der Waals surface area contributed by atoms with Crippen molar-refractivity contribution < 1.29 is 26.3 Å². The molecule has 2 rings (SSSR count). The van der Waals surface area contributed by atoms with Gasteiger partial charge in [0.05, 0.1) is 23.6 Å². The first-order chi connectivity index (χ1) is 13.1. The molecule has 0 heterocycles. The van der Waals surface area contributed by atoms with Crippen molar-refractivity contribution in [2.45, 2.75) is 12.4 Å². The highest BCUT2D eigenvalue weighted by molar-refractivity contribution is 5.84. The van der Waals surface area contributed by atoms with E-state index in [0.717, 1.165) is 36.7 Å². The smallest absolute Gasteiger partial charge is 0.367 e. The van der Waals surface area contributed by atoms with E-state index in [1.165, 1.54) is 24.3 Å². The molecule has 0 atom stereocenters. The molecule has 3 N–H and O–H groups in total. The molecule has 0 aliphatic heterocycles. The molecule has 0 bridgehead atoms. The Morgan fingerprint density at radius 1 is 0.821 bits per heavy atom. The first-order valence-corrected chi connectivity index (χ1v) is 7.56. The highest BCUT2D eigenvalue weighted by Crippen LogP contribution is 2.30. The van der Waals surface area contributed by atoms with Crippen molar-refractivity contribution in [3.63, 3.8) is 0 Å². The molecule has 0 spiro atoms. The number of alkyl halides is 6. The Labute approximate surface area is 155 Å². The van der Waals surface area contributed by atoms with Crippen LogP contribution in [0.4, 0.5) is 26.3 Å². The van der Waals surface area contributed by atoms with Crippen LogP contribution in [-0.4, -0.2) is 18.4 Å². The number of nitrogens with one attached hydrogen (secondary N) is 1. The minimum atomic E-state index is -4.48. The summed E-state index contributed by atoms with van der Waals surface area (Å²) in [6, 6.07) is 8.85. The quantitative estimate of drug-likeness (QED) is 0.352. The van der Waals surface area contributed by atoms with Gasteiger partial charge in [-0.1, -0.05) is 24.3 Å². The standard InChI is InChI=1S/C17H13F6N5/c18-16(19,20)13-5-1-3-11(7-13)9-25-27-15(24)28-26-10-12-4-2-6-14(8-12)17(21,22)23/h1-10H,(H3,24,27,28). The summed E-state index contributed by atoms with van der Waals surface area (Å²) in [6.07, 6.45) is -6.81. The zero-order valence-electron chi connectivity index (χ0n) is 14.0. The number of hydrogen-bond donors (Lipinski definition) is 2. The average molecular weight is 401 g/mol. The molecule has 5 nitrogen and oxygen atoms in total. The number of halogens is 6. The fraction of sp³-hybridized carbons (Fsp3) is 0.118. The molecule has 11 heteroatoms. The Hall–Kier alpha value is -3.37. The number of nitrogens with zero attached hydrogens (tertiary/aromatic N) is 3. The molecule has 0 aromatic heterocycles. The van der Waals surface area contributed by atoms with Gasteiger partial charge in [-0.25, -0.2) is 5.43 Å². The highest BCUT2D eigenvalue weighted by atomic mass is 19.4. The van der Waals surface area contributed by atoms with Crippen molar-refractivity contribution in [2.75, 3.05) is 0 Å². The second-order valence-electron chi connectivity index (χ2n) is 5.35. The van der Waals surface area contributed by atoms with E-state index in [4.69, 9.17) is 5.73 Å². The van der Waals surface area contributed by atoms with E-state index < -0.39 is 23.5 Å². The maximum Gasteiger partial charge on any atom is 0.416 e. The molecule has 0 aliphatic carbocycles. The van der Waals surface area contributed by atoms with E-state index in [1.54, 1.807) is 0 Å². The SMILES string of the molecule is NC(=NN=Cc1cccc(C(F)(F)F)c1)NN=Cc1cccc(C(F)(F)F)c1. The predicted octanol–water partition coefficient (Wildman–Crippen LogP) is 4.00. The summed E-state index contributed by atoms with van der Waals surface area (Å²) in [4.78, 5) is 0. The molecule has 0 unspecified atom stereocenters. The fourth-order valence-corrected chi connectivity index (χ4v) is 1.94. The van der Waals surface area contributed by atoms with Crippen molar-refractivity contribution in [1.82, 2.24) is 5.43 Å². The number of hydrazone groups is 1. The van der Waals surface area contributed by atoms with Crippen molar-refractivity contribution in [3.8, 4) is 0 Å². The van der Waals surface area contributed by atoms with E-state index >= 15 is 0 Å². The van der Waals surface area contributed by atoms with Gasteiger partial charge in [-0.2, -0.15) is 36.5 Å². The summed E-state index contributed by atoms with van der Waals surface area (Å²) < 4.78 is 75.7. The van der Waals surface area contributed by atoms with Crippen LogP contribution in [0.5, 0.6) is 0 Å². The van der Waals surface area contributed by atoms with E-state index in [9.17, 15) is 26.3 Å². The van der Waals surface area contributed by atoms with E-state index in [-0.39, 0.29) is 17.1 Å². The molecule has 2 aromatic carbocycles. The third kappa shape index (κ3) is 6.41. The third-order valence-corrected chi connectivity index (χ3v) is 3.19. The number of benzene rings is 2. The summed E-state index contributed by atoms with van der Waals surface area (Å²) in [5.74, 6) is -0.313. The number of hydrogen-bond acceptors (Lipinski definition) is 3. The lowest BCUT2D eigenvalue weighted by Gasteiger charge is -2.06. The lowest BCUT2D eigenvalue weighted by Crippen LogP contribution is -2.26. The Bertz CT molecular complexity index is 899. The van der Waals surface area contributed by atoms with E-state index in [0.29, 0.717) is 0 Å². The Balaban J connectivity index is 1.98. The van der Waals surface area contributed by atoms with Gasteiger partial charge >= 0.3 is 12.4 Å². The fourth-order valence-electron chi connectivity index (χ4n) is 1.94. The van der Waals surface area contributed by atoms with Gasteiger partial charge in [0.25, 0.3) is 0 Å². The summed E-state index contributed by atoms with van der Waals surface area (Å²) >= 11 is 0. The Kier molecular flexibility index (Phi) is 6.39. The van der Waals surface area contributed by atoms with Crippen LogP contribution >= 0.6 is 0 Å². The van der Waals surface area contributed by atoms with Gasteiger partial charge in [-0.15, -0.1) is 5.10 Å². The normalized spacial score (nSPS) is 13.4. The predicted molar refractivity (Wildman–Crippen MR) is 92.8 cm³/mol. The van der Waals surface area contributed by atoms with Crippen molar-refractivity contribution in [1.29, 1.82) is 0 Å². The zero-order valence-corrected chi connectivity index (χ0v) is 14.0. The summed E-state index contributed by atoms with van der Waals surface area (Å²) in [6.45, 7) is 0. The van der Waals surface area contributed by atoms with Gasteiger partial charge in [-0.3, -0.25) is 0 Å². The van der Waals surface area contributed by atoms with Gasteiger partial charge in [0.2, 0.25) is 5.96 Å². The lowest BCUT2D eigenvalue weighted by atomic mass is 10.1. The maximum atomic E-state index is 12.6. The van der Waals surface area contributed by atoms with Crippen LogP contribution in [0.1, 0.15) is 22.3 Å². The molecule has 0 saturated carbocycles. The number of nitrogens with two attached hydrogens (primary N) is 1. The second-order valence-corrected chi connectivity index (χ2v) is 5.35. The van der Waals surface area contributed by atoms with Crippen molar-refractivity contribution in [2.24, 2.45) is 21.0 Å². The van der Waals surface area contributed by atoms with E-state index in [1.807, 2.05) is 0 Å². The van der Waals surface area contributed by atoms with Gasteiger partial charge in [-0.05, 0) is 35.4 Å². The molecule has 0 aliphatic rings. The van der Waals surface area contributed by atoms with Crippen LogP contribution in [0.15, 0.2) is 63.8 Å². The second kappa shape index (κ2) is 8.55. The molecular weight excluding hydrogens is 388 g/mol. The van der Waals surface area contributed by atoms with Crippen molar-refractivity contribution >= 4 is 18.4 Å². The van der Waals surface area contributed by atoms with Crippen molar-refractivity contribution in [3.05, 3.63) is 70.8 Å². The lowest BCUT2D eigenvalue weighted by molar-refractivity contribution is -0.138. The molecule has 28 heavy (non-hydrogen) atoms. The Morgan fingerprint density at radius 3 is 1.82 bits per heavy atom. The average Bonchev–Trinajstić information content (AvgIpc) is 2.61.